The Morgan fingerprint density at radius 2 is 1.91 bits per heavy atom. The maximum absolute atomic E-state index is 12.8. The minimum absolute atomic E-state index is 0.0694. The molecular formula is C24H26N4O3S2. The second-order valence-corrected chi connectivity index (χ2v) is 10.7. The Morgan fingerprint density at radius 3 is 2.61 bits per heavy atom. The van der Waals surface area contributed by atoms with Crippen LogP contribution in [0.1, 0.15) is 61.6 Å². The molecule has 2 aliphatic rings. The van der Waals surface area contributed by atoms with Gasteiger partial charge in [0.15, 0.2) is 0 Å². The topological polar surface area (TPSA) is 84.4 Å². The summed E-state index contributed by atoms with van der Waals surface area (Å²) in [6, 6.07) is 10.1. The number of aromatic nitrogens is 2. The second-order valence-electron chi connectivity index (χ2n) is 9.08. The van der Waals surface area contributed by atoms with E-state index >= 15 is 0 Å². The summed E-state index contributed by atoms with van der Waals surface area (Å²) >= 11 is 2.93. The minimum atomic E-state index is -0.594. The van der Waals surface area contributed by atoms with Gasteiger partial charge in [-0.25, -0.2) is 14.8 Å². The van der Waals surface area contributed by atoms with Crippen LogP contribution in [-0.4, -0.2) is 44.6 Å². The molecule has 1 aliphatic heterocycles. The van der Waals surface area contributed by atoms with Crippen LogP contribution >= 0.6 is 22.7 Å². The van der Waals surface area contributed by atoms with Gasteiger partial charge in [0.2, 0.25) is 0 Å². The fourth-order valence-corrected chi connectivity index (χ4v) is 6.28. The number of nitrogens with one attached hydrogen (secondary N) is 1. The normalized spacial score (nSPS) is 24.5. The summed E-state index contributed by atoms with van der Waals surface area (Å²) in [6.07, 6.45) is 3.01. The van der Waals surface area contributed by atoms with E-state index in [1.54, 1.807) is 10.9 Å². The van der Waals surface area contributed by atoms with Gasteiger partial charge in [0.1, 0.15) is 22.0 Å². The van der Waals surface area contributed by atoms with Crippen molar-refractivity contribution in [1.82, 2.24) is 20.2 Å². The van der Waals surface area contributed by atoms with Crippen molar-refractivity contribution < 1.29 is 14.3 Å². The number of nitrogens with zero attached hydrogens (tertiary/aromatic N) is 3. The van der Waals surface area contributed by atoms with Crippen molar-refractivity contribution in [2.45, 2.75) is 63.3 Å². The number of rotatable bonds is 5. The van der Waals surface area contributed by atoms with Crippen LogP contribution in [0, 0.1) is 0 Å². The van der Waals surface area contributed by atoms with Crippen LogP contribution in [0.15, 0.2) is 46.6 Å². The van der Waals surface area contributed by atoms with E-state index in [1.807, 2.05) is 42.3 Å². The number of hydrogen-bond donors (Lipinski definition) is 1. The molecule has 1 N–H and O–H groups in total. The van der Waals surface area contributed by atoms with Gasteiger partial charge >= 0.3 is 6.09 Å². The molecule has 2 amide bonds. The molecule has 1 saturated heterocycles. The van der Waals surface area contributed by atoms with Crippen LogP contribution in [0.5, 0.6) is 0 Å². The molecule has 3 heterocycles. The first-order valence-corrected chi connectivity index (χ1v) is 13.0. The zero-order valence-corrected chi connectivity index (χ0v) is 20.2. The molecule has 7 nitrogen and oxygen atoms in total. The molecule has 1 aromatic carbocycles. The van der Waals surface area contributed by atoms with Crippen molar-refractivity contribution in [3.8, 4) is 10.7 Å². The van der Waals surface area contributed by atoms with E-state index < -0.39 is 5.60 Å². The maximum atomic E-state index is 12.8. The van der Waals surface area contributed by atoms with Gasteiger partial charge in [-0.3, -0.25) is 9.69 Å². The minimum Gasteiger partial charge on any atom is -0.441 e. The summed E-state index contributed by atoms with van der Waals surface area (Å²) in [4.78, 5) is 36.2. The molecule has 0 spiro atoms. The number of cyclic esters (lactones) is 1. The van der Waals surface area contributed by atoms with Gasteiger partial charge < -0.3 is 10.1 Å². The standard InChI is InChI=1S/C24H26N4O3S2/c1-24(2)20(15-6-4-3-5-7-15)28(23(30)31-24)17-10-8-16(9-11-17)26-21(29)18-13-33-22(27-18)19-12-32-14-25-19/h3-7,12-14,16-17,20H,8-11H2,1-2H3,(H,26,29)/t16-,17-,20-/m0/s1. The molecule has 0 bridgehead atoms. The van der Waals surface area contributed by atoms with E-state index in [9.17, 15) is 9.59 Å². The first-order chi connectivity index (χ1) is 15.9. The molecule has 1 aliphatic carbocycles. The summed E-state index contributed by atoms with van der Waals surface area (Å²) < 4.78 is 5.77. The molecule has 0 unspecified atom stereocenters. The Balaban J connectivity index is 1.22. The number of amides is 2. The molecule has 5 rings (SSSR count). The van der Waals surface area contributed by atoms with Crippen LogP contribution in [0.25, 0.3) is 10.7 Å². The lowest BCUT2D eigenvalue weighted by Gasteiger charge is -2.38. The Morgan fingerprint density at radius 1 is 1.15 bits per heavy atom. The SMILES string of the molecule is CC1(C)OC(=O)N([C@H]2CC[C@H](NC(=O)c3csc(-c4cscn4)n3)CC2)[C@H]1c1ccccc1. The Hall–Kier alpha value is -2.78. The number of thiazole rings is 2. The lowest BCUT2D eigenvalue weighted by Crippen LogP contribution is -2.46. The summed E-state index contributed by atoms with van der Waals surface area (Å²) in [5.74, 6) is -0.153. The maximum Gasteiger partial charge on any atom is 0.411 e. The molecule has 33 heavy (non-hydrogen) atoms. The zero-order chi connectivity index (χ0) is 23.0. The molecule has 1 atom stereocenters. The van der Waals surface area contributed by atoms with E-state index in [4.69, 9.17) is 4.74 Å². The van der Waals surface area contributed by atoms with Gasteiger partial charge in [0, 0.05) is 22.8 Å². The predicted octanol–water partition coefficient (Wildman–Crippen LogP) is 5.28. The number of ether oxygens (including phenoxy) is 1. The van der Waals surface area contributed by atoms with Crippen LogP contribution in [0.2, 0.25) is 0 Å². The van der Waals surface area contributed by atoms with E-state index in [2.05, 4.69) is 27.4 Å². The molecule has 2 aromatic heterocycles. The number of hydrogen-bond acceptors (Lipinski definition) is 7. The summed E-state index contributed by atoms with van der Waals surface area (Å²) in [6.45, 7) is 3.95. The second kappa shape index (κ2) is 8.87. The lowest BCUT2D eigenvalue weighted by molar-refractivity contribution is 0.0663. The summed E-state index contributed by atoms with van der Waals surface area (Å²) in [7, 11) is 0. The van der Waals surface area contributed by atoms with E-state index in [-0.39, 0.29) is 30.1 Å². The smallest absolute Gasteiger partial charge is 0.411 e. The summed E-state index contributed by atoms with van der Waals surface area (Å²) in [5, 5.41) is 7.59. The largest absolute Gasteiger partial charge is 0.441 e. The quantitative estimate of drug-likeness (QED) is 0.535. The average molecular weight is 483 g/mol. The Labute approximate surface area is 200 Å². The first-order valence-electron chi connectivity index (χ1n) is 11.1. The zero-order valence-electron chi connectivity index (χ0n) is 18.6. The van der Waals surface area contributed by atoms with Crippen LogP contribution in [-0.2, 0) is 4.74 Å². The van der Waals surface area contributed by atoms with Gasteiger partial charge in [-0.1, -0.05) is 30.3 Å². The van der Waals surface area contributed by atoms with Gasteiger partial charge in [0.25, 0.3) is 5.91 Å². The average Bonchev–Trinajstić information content (AvgIpc) is 3.53. The third-order valence-electron chi connectivity index (χ3n) is 6.43. The molecule has 9 heteroatoms. The monoisotopic (exact) mass is 482 g/mol. The van der Waals surface area contributed by atoms with Crippen molar-refractivity contribution >= 4 is 34.7 Å². The Bertz CT molecular complexity index is 1120. The van der Waals surface area contributed by atoms with Crippen LogP contribution < -0.4 is 5.32 Å². The highest BCUT2D eigenvalue weighted by Crippen LogP contribution is 2.44. The molecule has 172 valence electrons. The van der Waals surface area contributed by atoms with Crippen molar-refractivity contribution in [2.75, 3.05) is 0 Å². The highest BCUT2D eigenvalue weighted by atomic mass is 32.1. The van der Waals surface area contributed by atoms with Gasteiger partial charge in [-0.05, 0) is 45.1 Å². The van der Waals surface area contributed by atoms with Crippen molar-refractivity contribution in [3.63, 3.8) is 0 Å². The fraction of sp³-hybridized carbons (Fsp3) is 0.417. The third kappa shape index (κ3) is 4.39. The van der Waals surface area contributed by atoms with Crippen molar-refractivity contribution in [3.05, 3.63) is 57.9 Å². The summed E-state index contributed by atoms with van der Waals surface area (Å²) in [5.41, 5.74) is 3.48. The highest BCUT2D eigenvalue weighted by molar-refractivity contribution is 7.14. The van der Waals surface area contributed by atoms with Crippen LogP contribution in [0.4, 0.5) is 4.79 Å². The number of carbonyl (C=O) groups is 2. The highest BCUT2D eigenvalue weighted by Gasteiger charge is 2.51. The number of carbonyl (C=O) groups excluding carboxylic acids is 2. The third-order valence-corrected chi connectivity index (χ3v) is 7.88. The fourth-order valence-electron chi connectivity index (χ4n) is 4.90. The number of benzene rings is 1. The Kier molecular flexibility index (Phi) is 5.92. The van der Waals surface area contributed by atoms with E-state index in [0.717, 1.165) is 41.9 Å². The van der Waals surface area contributed by atoms with Gasteiger partial charge in [0.05, 0.1) is 11.6 Å². The van der Waals surface area contributed by atoms with Crippen LogP contribution in [0.3, 0.4) is 0 Å². The molecular weight excluding hydrogens is 456 g/mol. The van der Waals surface area contributed by atoms with E-state index in [0.29, 0.717) is 5.69 Å². The molecule has 1 saturated carbocycles. The lowest BCUT2D eigenvalue weighted by atomic mass is 9.86. The molecule has 3 aromatic rings. The molecule has 0 radical (unpaired) electrons. The molecule has 2 fully saturated rings. The first kappa shape index (κ1) is 22.0. The van der Waals surface area contributed by atoms with Crippen molar-refractivity contribution in [2.24, 2.45) is 0 Å². The van der Waals surface area contributed by atoms with E-state index in [1.165, 1.54) is 22.7 Å². The predicted molar refractivity (Wildman–Crippen MR) is 128 cm³/mol. The van der Waals surface area contributed by atoms with Gasteiger partial charge in [-0.2, -0.15) is 0 Å². The van der Waals surface area contributed by atoms with Gasteiger partial charge in [-0.15, -0.1) is 22.7 Å². The van der Waals surface area contributed by atoms with Crippen molar-refractivity contribution in [1.29, 1.82) is 0 Å².